The van der Waals surface area contributed by atoms with Crippen LogP contribution in [0.2, 0.25) is 0 Å². The predicted octanol–water partition coefficient (Wildman–Crippen LogP) is 2.66. The molecule has 2 aromatic rings. The fourth-order valence-corrected chi connectivity index (χ4v) is 2.55. The van der Waals surface area contributed by atoms with Crippen molar-refractivity contribution in [2.75, 3.05) is 13.2 Å². The number of fused-ring (bicyclic) bond motifs is 1. The molecule has 1 aliphatic rings. The van der Waals surface area contributed by atoms with E-state index in [4.69, 9.17) is 4.98 Å². The van der Waals surface area contributed by atoms with Crippen molar-refractivity contribution in [3.63, 3.8) is 0 Å². The van der Waals surface area contributed by atoms with Gasteiger partial charge in [-0.05, 0) is 12.3 Å². The minimum atomic E-state index is -0.185. The summed E-state index contributed by atoms with van der Waals surface area (Å²) < 4.78 is 0. The molecule has 2 heterocycles. The minimum Gasteiger partial charge on any atom is -0.396 e. The van der Waals surface area contributed by atoms with Gasteiger partial charge in [0.05, 0.1) is 11.9 Å². The third-order valence-electron chi connectivity index (χ3n) is 4.42. The molecular weight excluding hydrogens is 276 g/mol. The van der Waals surface area contributed by atoms with E-state index >= 15 is 0 Å². The van der Waals surface area contributed by atoms with Crippen LogP contribution in [0.4, 0.5) is 0 Å². The van der Waals surface area contributed by atoms with Crippen LogP contribution < -0.4 is 5.32 Å². The van der Waals surface area contributed by atoms with Gasteiger partial charge in [-0.1, -0.05) is 27.4 Å². The monoisotopic (exact) mass is 300 g/mol. The van der Waals surface area contributed by atoms with Crippen LogP contribution in [0.5, 0.6) is 0 Å². The van der Waals surface area contributed by atoms with Crippen LogP contribution in [-0.4, -0.2) is 33.2 Å². The highest BCUT2D eigenvalue weighted by molar-refractivity contribution is 5.86. The fraction of sp³-hybridized carbons (Fsp3) is 0.529. The summed E-state index contributed by atoms with van der Waals surface area (Å²) in [6.45, 7) is 11.2. The summed E-state index contributed by atoms with van der Waals surface area (Å²) in [7, 11) is 0. The SMILES string of the molecule is C=C(NCC(C)(C)CO)c1c[nH]c2ncc([C@@H]3C[C@H]3C)nc12. The Morgan fingerprint density at radius 3 is 2.91 bits per heavy atom. The number of nitrogens with zero attached hydrogens (tertiary/aromatic N) is 2. The smallest absolute Gasteiger partial charge is 0.156 e. The van der Waals surface area contributed by atoms with Crippen molar-refractivity contribution in [1.82, 2.24) is 20.3 Å². The Labute approximate surface area is 130 Å². The topological polar surface area (TPSA) is 73.8 Å². The number of hydrogen-bond acceptors (Lipinski definition) is 4. The average Bonchev–Trinajstić information content (AvgIpc) is 3.08. The molecule has 3 N–H and O–H groups in total. The van der Waals surface area contributed by atoms with Crippen molar-refractivity contribution in [3.8, 4) is 0 Å². The Morgan fingerprint density at radius 2 is 2.27 bits per heavy atom. The third kappa shape index (κ3) is 2.86. The molecule has 1 saturated carbocycles. The summed E-state index contributed by atoms with van der Waals surface area (Å²) in [5, 5.41) is 12.6. The van der Waals surface area contributed by atoms with Crippen LogP contribution in [-0.2, 0) is 0 Å². The van der Waals surface area contributed by atoms with Gasteiger partial charge < -0.3 is 15.4 Å². The lowest BCUT2D eigenvalue weighted by molar-refractivity contribution is 0.161. The minimum absolute atomic E-state index is 0.130. The quantitative estimate of drug-likeness (QED) is 0.767. The Morgan fingerprint density at radius 1 is 1.55 bits per heavy atom. The van der Waals surface area contributed by atoms with Crippen LogP contribution in [0, 0.1) is 11.3 Å². The summed E-state index contributed by atoms with van der Waals surface area (Å²) in [5.41, 5.74) is 4.31. The summed E-state index contributed by atoms with van der Waals surface area (Å²) in [6, 6.07) is 0. The molecule has 2 aromatic heterocycles. The maximum atomic E-state index is 9.34. The normalized spacial score (nSPS) is 21.1. The van der Waals surface area contributed by atoms with E-state index in [-0.39, 0.29) is 12.0 Å². The molecular formula is C17H24N4O. The van der Waals surface area contributed by atoms with Crippen molar-refractivity contribution >= 4 is 16.9 Å². The molecule has 0 bridgehead atoms. The lowest BCUT2D eigenvalue weighted by Crippen LogP contribution is -2.31. The number of aliphatic hydroxyl groups excluding tert-OH is 1. The molecule has 118 valence electrons. The Hall–Kier alpha value is -1.88. The Balaban J connectivity index is 1.82. The molecule has 0 spiro atoms. The standard InChI is InChI=1S/C17H24N4O/c1-10-5-12(10)14-7-19-16-15(21-14)13(6-18-16)11(2)20-8-17(3,4)9-22/h6-7,10,12,20,22H,2,5,8-9H2,1,3-4H3,(H,18,19)/t10-,12-/m1/s1. The zero-order valence-electron chi connectivity index (χ0n) is 13.5. The van der Waals surface area contributed by atoms with Crippen LogP contribution >= 0.6 is 0 Å². The van der Waals surface area contributed by atoms with Crippen molar-refractivity contribution in [2.45, 2.75) is 33.1 Å². The van der Waals surface area contributed by atoms with Gasteiger partial charge in [0.25, 0.3) is 0 Å². The first-order chi connectivity index (χ1) is 10.4. The lowest BCUT2D eigenvalue weighted by Gasteiger charge is -2.23. The number of aromatic amines is 1. The molecule has 0 unspecified atom stereocenters. The molecule has 5 nitrogen and oxygen atoms in total. The number of H-pyrrole nitrogens is 1. The van der Waals surface area contributed by atoms with Gasteiger partial charge in [0, 0.05) is 41.9 Å². The highest BCUT2D eigenvalue weighted by Crippen LogP contribution is 2.46. The van der Waals surface area contributed by atoms with Crippen LogP contribution in [0.15, 0.2) is 19.0 Å². The van der Waals surface area contributed by atoms with Gasteiger partial charge in [0.15, 0.2) is 5.65 Å². The molecule has 0 aliphatic heterocycles. The first-order valence-corrected chi connectivity index (χ1v) is 7.79. The van der Waals surface area contributed by atoms with Gasteiger partial charge in [-0.25, -0.2) is 9.97 Å². The van der Waals surface area contributed by atoms with Gasteiger partial charge in [-0.2, -0.15) is 0 Å². The average molecular weight is 300 g/mol. The molecule has 0 aromatic carbocycles. The Bertz CT molecular complexity index is 704. The molecule has 1 aliphatic carbocycles. The first kappa shape index (κ1) is 15.0. The molecule has 5 heteroatoms. The van der Waals surface area contributed by atoms with Crippen molar-refractivity contribution in [3.05, 3.63) is 30.2 Å². The van der Waals surface area contributed by atoms with E-state index in [0.717, 1.165) is 28.1 Å². The summed E-state index contributed by atoms with van der Waals surface area (Å²) in [5.74, 6) is 1.26. The second-order valence-electron chi connectivity index (χ2n) is 7.17. The fourth-order valence-electron chi connectivity index (χ4n) is 2.55. The molecule has 0 saturated heterocycles. The van der Waals surface area contributed by atoms with E-state index in [0.29, 0.717) is 18.4 Å². The lowest BCUT2D eigenvalue weighted by atomic mass is 9.95. The first-order valence-electron chi connectivity index (χ1n) is 7.79. The number of aromatic nitrogens is 3. The van der Waals surface area contributed by atoms with Gasteiger partial charge in [-0.3, -0.25) is 0 Å². The van der Waals surface area contributed by atoms with Gasteiger partial charge >= 0.3 is 0 Å². The summed E-state index contributed by atoms with van der Waals surface area (Å²) >= 11 is 0. The molecule has 2 atom stereocenters. The molecule has 3 rings (SSSR count). The number of rotatable bonds is 6. The van der Waals surface area contributed by atoms with Crippen LogP contribution in [0.25, 0.3) is 16.9 Å². The third-order valence-corrected chi connectivity index (χ3v) is 4.42. The van der Waals surface area contributed by atoms with E-state index in [1.807, 2.05) is 26.2 Å². The largest absolute Gasteiger partial charge is 0.396 e. The zero-order chi connectivity index (χ0) is 15.9. The second kappa shape index (κ2) is 5.39. The Kier molecular flexibility index (Phi) is 3.68. The van der Waals surface area contributed by atoms with E-state index < -0.39 is 0 Å². The van der Waals surface area contributed by atoms with Crippen LogP contribution in [0.1, 0.15) is 44.4 Å². The van der Waals surface area contributed by atoms with Crippen molar-refractivity contribution in [2.24, 2.45) is 11.3 Å². The van der Waals surface area contributed by atoms with Gasteiger partial charge in [0.1, 0.15) is 5.52 Å². The number of aliphatic hydroxyl groups is 1. The number of hydrogen-bond donors (Lipinski definition) is 3. The predicted molar refractivity (Wildman–Crippen MR) is 88.3 cm³/mol. The van der Waals surface area contributed by atoms with Crippen LogP contribution in [0.3, 0.4) is 0 Å². The summed E-state index contributed by atoms with van der Waals surface area (Å²) in [6.07, 6.45) is 4.97. The maximum Gasteiger partial charge on any atom is 0.156 e. The summed E-state index contributed by atoms with van der Waals surface area (Å²) in [4.78, 5) is 12.4. The van der Waals surface area contributed by atoms with E-state index in [1.165, 1.54) is 6.42 Å². The van der Waals surface area contributed by atoms with Crippen molar-refractivity contribution < 1.29 is 5.11 Å². The number of nitrogens with one attached hydrogen (secondary N) is 2. The molecule has 0 amide bonds. The molecule has 1 fully saturated rings. The van der Waals surface area contributed by atoms with Crippen molar-refractivity contribution in [1.29, 1.82) is 0 Å². The highest BCUT2D eigenvalue weighted by atomic mass is 16.3. The van der Waals surface area contributed by atoms with E-state index in [1.54, 1.807) is 0 Å². The maximum absolute atomic E-state index is 9.34. The molecule has 22 heavy (non-hydrogen) atoms. The van der Waals surface area contributed by atoms with E-state index in [2.05, 4.69) is 28.8 Å². The second-order valence-corrected chi connectivity index (χ2v) is 7.17. The zero-order valence-corrected chi connectivity index (χ0v) is 13.5. The highest BCUT2D eigenvalue weighted by Gasteiger charge is 2.35. The van der Waals surface area contributed by atoms with E-state index in [9.17, 15) is 5.11 Å². The van der Waals surface area contributed by atoms with Gasteiger partial charge in [0.2, 0.25) is 0 Å². The molecule has 0 radical (unpaired) electrons. The van der Waals surface area contributed by atoms with Gasteiger partial charge in [-0.15, -0.1) is 0 Å².